The third kappa shape index (κ3) is 6.27. The fourth-order valence-corrected chi connectivity index (χ4v) is 2.08. The minimum absolute atomic E-state index is 0. The minimum atomic E-state index is 0. The number of carbonyl (C=O) groups is 1. The van der Waals surface area contributed by atoms with Crippen molar-refractivity contribution in [2.45, 2.75) is 52.5 Å². The van der Waals surface area contributed by atoms with E-state index in [1.54, 1.807) is 0 Å². The maximum atomic E-state index is 11.7. The first-order valence-electron chi connectivity index (χ1n) is 6.56. The highest BCUT2D eigenvalue weighted by Gasteiger charge is 2.28. The van der Waals surface area contributed by atoms with Gasteiger partial charge in [-0.15, -0.1) is 12.4 Å². The minimum Gasteiger partial charge on any atom is -0.355 e. The number of rotatable bonds is 7. The van der Waals surface area contributed by atoms with E-state index in [9.17, 15) is 4.79 Å². The maximum absolute atomic E-state index is 11.7. The van der Waals surface area contributed by atoms with E-state index >= 15 is 0 Å². The summed E-state index contributed by atoms with van der Waals surface area (Å²) < 4.78 is 0. The Balaban J connectivity index is 0.00000256. The molecule has 0 saturated heterocycles. The molecular formula is C13H27ClN2O. The van der Waals surface area contributed by atoms with E-state index in [1.807, 2.05) is 0 Å². The molecule has 102 valence electrons. The van der Waals surface area contributed by atoms with Crippen molar-refractivity contribution in [3.63, 3.8) is 0 Å². The number of nitrogens with one attached hydrogen (secondary N) is 1. The van der Waals surface area contributed by atoms with Gasteiger partial charge in [-0.05, 0) is 30.6 Å². The molecule has 0 radical (unpaired) electrons. The first-order valence-corrected chi connectivity index (χ1v) is 6.56. The molecule has 4 heteroatoms. The average molecular weight is 263 g/mol. The molecule has 1 aliphatic rings. The lowest BCUT2D eigenvalue weighted by Gasteiger charge is -2.19. The second-order valence-corrected chi connectivity index (χ2v) is 5.42. The molecule has 0 aromatic rings. The van der Waals surface area contributed by atoms with Crippen LogP contribution in [0.5, 0.6) is 0 Å². The quantitative estimate of drug-likeness (QED) is 0.740. The standard InChI is InChI=1S/C13H26N2O.ClH/c1-4-10(9(2)3)7-13(16)15-8-12(14)11-5-6-11;/h9-12H,4-8,14H2,1-3H3,(H,15,16);1H. The molecule has 17 heavy (non-hydrogen) atoms. The van der Waals surface area contributed by atoms with Crippen molar-refractivity contribution in [2.24, 2.45) is 23.5 Å². The van der Waals surface area contributed by atoms with Gasteiger partial charge in [-0.3, -0.25) is 4.79 Å². The smallest absolute Gasteiger partial charge is 0.220 e. The van der Waals surface area contributed by atoms with Crippen molar-refractivity contribution in [1.82, 2.24) is 5.32 Å². The highest BCUT2D eigenvalue weighted by molar-refractivity contribution is 5.85. The van der Waals surface area contributed by atoms with Crippen LogP contribution >= 0.6 is 12.4 Å². The molecule has 0 aliphatic heterocycles. The summed E-state index contributed by atoms with van der Waals surface area (Å²) in [4.78, 5) is 11.7. The molecule has 2 unspecified atom stereocenters. The number of halogens is 1. The van der Waals surface area contributed by atoms with Crippen molar-refractivity contribution in [1.29, 1.82) is 0 Å². The maximum Gasteiger partial charge on any atom is 0.220 e. The fourth-order valence-electron chi connectivity index (χ4n) is 2.08. The van der Waals surface area contributed by atoms with Crippen LogP contribution in [0.4, 0.5) is 0 Å². The van der Waals surface area contributed by atoms with Gasteiger partial charge >= 0.3 is 0 Å². The first kappa shape index (κ1) is 16.7. The van der Waals surface area contributed by atoms with Crippen molar-refractivity contribution in [3.8, 4) is 0 Å². The zero-order valence-electron chi connectivity index (χ0n) is 11.2. The third-order valence-electron chi connectivity index (χ3n) is 3.68. The molecule has 0 aromatic carbocycles. The van der Waals surface area contributed by atoms with Gasteiger partial charge in [0.2, 0.25) is 5.91 Å². The molecule has 1 rings (SSSR count). The van der Waals surface area contributed by atoms with Crippen molar-refractivity contribution in [3.05, 3.63) is 0 Å². The Kier molecular flexibility index (Phi) is 7.80. The normalized spacial score (nSPS) is 18.4. The number of hydrogen-bond acceptors (Lipinski definition) is 2. The molecular weight excluding hydrogens is 236 g/mol. The Morgan fingerprint density at radius 1 is 1.41 bits per heavy atom. The monoisotopic (exact) mass is 262 g/mol. The van der Waals surface area contributed by atoms with Gasteiger partial charge in [-0.2, -0.15) is 0 Å². The lowest BCUT2D eigenvalue weighted by atomic mass is 9.90. The van der Waals surface area contributed by atoms with Gasteiger partial charge in [0.1, 0.15) is 0 Å². The Morgan fingerprint density at radius 3 is 2.41 bits per heavy atom. The molecule has 0 spiro atoms. The molecule has 1 amide bonds. The van der Waals surface area contributed by atoms with Gasteiger partial charge in [-0.25, -0.2) is 0 Å². The molecule has 2 atom stereocenters. The highest BCUT2D eigenvalue weighted by atomic mass is 35.5. The predicted molar refractivity (Wildman–Crippen MR) is 74.2 cm³/mol. The summed E-state index contributed by atoms with van der Waals surface area (Å²) in [7, 11) is 0. The van der Waals surface area contributed by atoms with Crippen molar-refractivity contribution in [2.75, 3.05) is 6.54 Å². The lowest BCUT2D eigenvalue weighted by molar-refractivity contribution is -0.122. The van der Waals surface area contributed by atoms with Crippen LogP contribution in [0.15, 0.2) is 0 Å². The molecule has 3 nitrogen and oxygen atoms in total. The van der Waals surface area contributed by atoms with Crippen molar-refractivity contribution >= 4 is 18.3 Å². The van der Waals surface area contributed by atoms with E-state index in [-0.39, 0.29) is 24.4 Å². The number of hydrogen-bond donors (Lipinski definition) is 2. The number of nitrogens with two attached hydrogens (primary N) is 1. The van der Waals surface area contributed by atoms with Gasteiger partial charge < -0.3 is 11.1 Å². The van der Waals surface area contributed by atoms with E-state index in [0.29, 0.717) is 30.7 Å². The lowest BCUT2D eigenvalue weighted by Crippen LogP contribution is -2.39. The third-order valence-corrected chi connectivity index (χ3v) is 3.68. The van der Waals surface area contributed by atoms with Crippen LogP contribution in [0.25, 0.3) is 0 Å². The summed E-state index contributed by atoms with van der Waals surface area (Å²) in [5, 5.41) is 2.96. The average Bonchev–Trinajstić information content (AvgIpc) is 3.05. The molecule has 0 bridgehead atoms. The van der Waals surface area contributed by atoms with E-state index in [4.69, 9.17) is 5.73 Å². The van der Waals surface area contributed by atoms with Gasteiger partial charge in [0, 0.05) is 19.0 Å². The Bertz CT molecular complexity index is 229. The summed E-state index contributed by atoms with van der Waals surface area (Å²) in [6, 6.07) is 0.170. The topological polar surface area (TPSA) is 55.1 Å². The van der Waals surface area contributed by atoms with Crippen molar-refractivity contribution < 1.29 is 4.79 Å². The van der Waals surface area contributed by atoms with E-state index in [0.717, 1.165) is 6.42 Å². The molecule has 3 N–H and O–H groups in total. The van der Waals surface area contributed by atoms with Crippen LogP contribution in [-0.2, 0) is 4.79 Å². The SMILES string of the molecule is CCC(CC(=O)NCC(N)C1CC1)C(C)C.Cl. The van der Waals surface area contributed by atoms with Crippen LogP contribution in [0.3, 0.4) is 0 Å². The van der Waals surface area contributed by atoms with Crippen LogP contribution in [0.1, 0.15) is 46.5 Å². The highest BCUT2D eigenvalue weighted by Crippen LogP contribution is 2.31. The summed E-state index contributed by atoms with van der Waals surface area (Å²) in [6.07, 6.45) is 4.19. The number of carbonyl (C=O) groups excluding carboxylic acids is 1. The largest absolute Gasteiger partial charge is 0.355 e. The van der Waals surface area contributed by atoms with Gasteiger partial charge in [-0.1, -0.05) is 27.2 Å². The molecule has 1 aliphatic carbocycles. The summed E-state index contributed by atoms with van der Waals surface area (Å²) in [6.45, 7) is 7.15. The van der Waals surface area contributed by atoms with E-state index in [1.165, 1.54) is 12.8 Å². The Hall–Kier alpha value is -0.280. The molecule has 0 heterocycles. The summed E-state index contributed by atoms with van der Waals surface area (Å²) in [5.41, 5.74) is 5.94. The van der Waals surface area contributed by atoms with Gasteiger partial charge in [0.15, 0.2) is 0 Å². The summed E-state index contributed by atoms with van der Waals surface area (Å²) >= 11 is 0. The van der Waals surface area contributed by atoms with Crippen LogP contribution in [0.2, 0.25) is 0 Å². The Labute approximate surface area is 111 Å². The second kappa shape index (κ2) is 7.93. The fraction of sp³-hybridized carbons (Fsp3) is 0.923. The zero-order valence-corrected chi connectivity index (χ0v) is 12.1. The van der Waals surface area contributed by atoms with Crippen LogP contribution in [-0.4, -0.2) is 18.5 Å². The molecule has 1 fully saturated rings. The zero-order chi connectivity index (χ0) is 12.1. The molecule has 0 aromatic heterocycles. The van der Waals surface area contributed by atoms with E-state index < -0.39 is 0 Å². The molecule has 1 saturated carbocycles. The Morgan fingerprint density at radius 2 is 2.00 bits per heavy atom. The van der Waals surface area contributed by atoms with Crippen LogP contribution < -0.4 is 11.1 Å². The van der Waals surface area contributed by atoms with Gasteiger partial charge in [0.25, 0.3) is 0 Å². The summed E-state index contributed by atoms with van der Waals surface area (Å²) in [5.74, 6) is 1.90. The van der Waals surface area contributed by atoms with Crippen LogP contribution in [0, 0.1) is 17.8 Å². The predicted octanol–water partition coefficient (Wildman–Crippen LogP) is 2.33. The first-order chi connectivity index (χ1) is 7.54. The van der Waals surface area contributed by atoms with E-state index in [2.05, 4.69) is 26.1 Å². The number of amides is 1. The second-order valence-electron chi connectivity index (χ2n) is 5.42. The van der Waals surface area contributed by atoms with Gasteiger partial charge in [0.05, 0.1) is 0 Å².